The molecule has 2 aromatic rings. The summed E-state index contributed by atoms with van der Waals surface area (Å²) < 4.78 is 0. The summed E-state index contributed by atoms with van der Waals surface area (Å²) >= 11 is 1.86. The van der Waals surface area contributed by atoms with Gasteiger partial charge < -0.3 is 10.2 Å². The molecule has 0 bridgehead atoms. The van der Waals surface area contributed by atoms with E-state index in [0.29, 0.717) is 12.5 Å². The Morgan fingerprint density at radius 2 is 2.17 bits per heavy atom. The second-order valence-electron chi connectivity index (χ2n) is 6.38. The molecule has 1 N–H and O–H groups in total. The number of hydrogen-bond donors (Lipinski definition) is 1. The first kappa shape index (κ1) is 14.7. The number of urea groups is 1. The highest BCUT2D eigenvalue weighted by Crippen LogP contribution is 2.30. The number of carbonyl (C=O) groups excluding carboxylic acids is 1. The molecular weight excluding hydrogens is 306 g/mol. The van der Waals surface area contributed by atoms with Gasteiger partial charge in [0.15, 0.2) is 0 Å². The Labute approximate surface area is 140 Å². The van der Waals surface area contributed by atoms with Gasteiger partial charge in [-0.15, -0.1) is 11.3 Å². The number of thiophene rings is 1. The summed E-state index contributed by atoms with van der Waals surface area (Å²) in [6, 6.07) is 6.02. The Morgan fingerprint density at radius 3 is 3.00 bits per heavy atom. The van der Waals surface area contributed by atoms with Crippen molar-refractivity contribution in [3.05, 3.63) is 51.5 Å². The van der Waals surface area contributed by atoms with Crippen molar-refractivity contribution in [2.75, 3.05) is 13.1 Å². The number of rotatable bonds is 3. The van der Waals surface area contributed by atoms with Gasteiger partial charge in [-0.1, -0.05) is 6.07 Å². The van der Waals surface area contributed by atoms with Crippen molar-refractivity contribution >= 4 is 17.4 Å². The van der Waals surface area contributed by atoms with Gasteiger partial charge in [-0.25, -0.2) is 4.79 Å². The minimum absolute atomic E-state index is 0.0490. The van der Waals surface area contributed by atoms with Crippen LogP contribution in [-0.2, 0) is 19.4 Å². The van der Waals surface area contributed by atoms with Crippen molar-refractivity contribution in [2.45, 2.75) is 38.1 Å². The van der Waals surface area contributed by atoms with Crippen molar-refractivity contribution < 1.29 is 4.79 Å². The van der Waals surface area contributed by atoms with Crippen molar-refractivity contribution in [3.63, 3.8) is 0 Å². The van der Waals surface area contributed by atoms with Gasteiger partial charge in [0.1, 0.15) is 0 Å². The van der Waals surface area contributed by atoms with Crippen LogP contribution in [0.3, 0.4) is 0 Å². The molecule has 0 radical (unpaired) electrons. The monoisotopic (exact) mass is 327 g/mol. The lowest BCUT2D eigenvalue weighted by molar-refractivity contribution is 0.149. The van der Waals surface area contributed by atoms with E-state index in [1.807, 2.05) is 40.6 Å². The number of hydrogen-bond acceptors (Lipinski definition) is 3. The number of likely N-dealkylation sites (tertiary alicyclic amines) is 1. The highest BCUT2D eigenvalue weighted by Gasteiger charge is 2.32. The highest BCUT2D eigenvalue weighted by molar-refractivity contribution is 7.10. The van der Waals surface area contributed by atoms with E-state index in [9.17, 15) is 4.79 Å². The molecule has 0 atom stereocenters. The number of fused-ring (bicyclic) bond motifs is 1. The lowest BCUT2D eigenvalue weighted by Gasteiger charge is -2.38. The second kappa shape index (κ2) is 6.32. The highest BCUT2D eigenvalue weighted by atomic mass is 32.1. The van der Waals surface area contributed by atoms with Crippen LogP contribution in [0, 0.1) is 0 Å². The predicted molar refractivity (Wildman–Crippen MR) is 91.7 cm³/mol. The molecule has 0 unspecified atom stereocenters. The van der Waals surface area contributed by atoms with E-state index < -0.39 is 0 Å². The molecule has 0 saturated carbocycles. The largest absolute Gasteiger partial charge is 0.334 e. The Morgan fingerprint density at radius 1 is 1.30 bits per heavy atom. The minimum Gasteiger partial charge on any atom is -0.334 e. The van der Waals surface area contributed by atoms with E-state index in [1.165, 1.54) is 41.7 Å². The SMILES string of the molecule is O=C(NCc1csc2c1CCCC2)N1CC(c2ccccn2)C1. The molecule has 4 rings (SSSR count). The van der Waals surface area contributed by atoms with Crippen LogP contribution in [0.25, 0.3) is 0 Å². The molecule has 2 aromatic heterocycles. The average Bonchev–Trinajstić information content (AvgIpc) is 2.96. The fourth-order valence-electron chi connectivity index (χ4n) is 3.44. The third-order valence-corrected chi connectivity index (χ3v) is 5.99. The van der Waals surface area contributed by atoms with Crippen molar-refractivity contribution in [1.29, 1.82) is 0 Å². The summed E-state index contributed by atoms with van der Waals surface area (Å²) in [6.07, 6.45) is 6.80. The van der Waals surface area contributed by atoms with Gasteiger partial charge in [-0.2, -0.15) is 0 Å². The zero-order valence-corrected chi connectivity index (χ0v) is 13.9. The number of amides is 2. The zero-order chi connectivity index (χ0) is 15.6. The fourth-order valence-corrected chi connectivity index (χ4v) is 4.59. The number of nitrogens with zero attached hydrogens (tertiary/aromatic N) is 2. The zero-order valence-electron chi connectivity index (χ0n) is 13.1. The first-order valence-electron chi connectivity index (χ1n) is 8.33. The van der Waals surface area contributed by atoms with E-state index in [1.54, 1.807) is 0 Å². The molecule has 0 spiro atoms. The molecule has 0 aromatic carbocycles. The van der Waals surface area contributed by atoms with Crippen LogP contribution >= 0.6 is 11.3 Å². The van der Waals surface area contributed by atoms with Crippen LogP contribution in [0.15, 0.2) is 29.8 Å². The summed E-state index contributed by atoms with van der Waals surface area (Å²) in [7, 11) is 0. The first-order valence-corrected chi connectivity index (χ1v) is 9.21. The fraction of sp³-hybridized carbons (Fsp3) is 0.444. The van der Waals surface area contributed by atoms with Gasteiger partial charge in [0.25, 0.3) is 0 Å². The molecule has 1 saturated heterocycles. The summed E-state index contributed by atoms with van der Waals surface area (Å²) in [4.78, 5) is 20.0. The smallest absolute Gasteiger partial charge is 0.317 e. The molecule has 1 aliphatic heterocycles. The van der Waals surface area contributed by atoms with E-state index in [0.717, 1.165) is 18.8 Å². The first-order chi connectivity index (χ1) is 11.3. The lowest BCUT2D eigenvalue weighted by atomic mass is 9.95. The molecular formula is C18H21N3OS. The van der Waals surface area contributed by atoms with Crippen LogP contribution in [0.1, 0.15) is 40.5 Å². The molecule has 5 heteroatoms. The van der Waals surface area contributed by atoms with E-state index in [-0.39, 0.29) is 6.03 Å². The average molecular weight is 327 g/mol. The normalized spacial score (nSPS) is 17.5. The Hall–Kier alpha value is -1.88. The summed E-state index contributed by atoms with van der Waals surface area (Å²) in [5.41, 5.74) is 3.90. The predicted octanol–water partition coefficient (Wildman–Crippen LogP) is 3.33. The van der Waals surface area contributed by atoms with Crippen LogP contribution in [-0.4, -0.2) is 29.0 Å². The Kier molecular flexibility index (Phi) is 4.04. The Bertz CT molecular complexity index is 692. The van der Waals surface area contributed by atoms with Gasteiger partial charge in [-0.3, -0.25) is 4.98 Å². The summed E-state index contributed by atoms with van der Waals surface area (Å²) in [6.45, 7) is 2.20. The molecule has 120 valence electrons. The third kappa shape index (κ3) is 2.98. The van der Waals surface area contributed by atoms with Gasteiger partial charge in [-0.05, 0) is 54.3 Å². The number of nitrogens with one attached hydrogen (secondary N) is 1. The quantitative estimate of drug-likeness (QED) is 0.940. The van der Waals surface area contributed by atoms with Gasteiger partial charge >= 0.3 is 6.03 Å². The maximum atomic E-state index is 12.3. The minimum atomic E-state index is 0.0490. The maximum absolute atomic E-state index is 12.3. The van der Waals surface area contributed by atoms with Crippen molar-refractivity contribution in [1.82, 2.24) is 15.2 Å². The molecule has 1 fully saturated rings. The molecule has 4 nitrogen and oxygen atoms in total. The Balaban J connectivity index is 1.29. The third-order valence-electron chi connectivity index (χ3n) is 4.85. The topological polar surface area (TPSA) is 45.2 Å². The standard InChI is InChI=1S/C18H21N3OS/c22-18(21-10-14(11-21)16-6-3-4-8-19-16)20-9-13-12-23-17-7-2-1-5-15(13)17/h3-4,6,8,12,14H,1-2,5,7,9-11H2,(H,20,22). The number of aryl methyl sites for hydroxylation is 1. The van der Waals surface area contributed by atoms with Crippen LogP contribution in [0.4, 0.5) is 4.79 Å². The summed E-state index contributed by atoms with van der Waals surface area (Å²) in [5.74, 6) is 0.385. The molecule has 3 heterocycles. The van der Waals surface area contributed by atoms with Gasteiger partial charge in [0, 0.05) is 42.3 Å². The summed E-state index contributed by atoms with van der Waals surface area (Å²) in [5, 5.41) is 5.31. The number of aromatic nitrogens is 1. The molecule has 1 aliphatic carbocycles. The van der Waals surface area contributed by atoms with E-state index in [4.69, 9.17) is 0 Å². The molecule has 23 heavy (non-hydrogen) atoms. The van der Waals surface area contributed by atoms with Crippen LogP contribution < -0.4 is 5.32 Å². The number of carbonyl (C=O) groups is 1. The second-order valence-corrected chi connectivity index (χ2v) is 7.35. The molecule has 2 aliphatic rings. The maximum Gasteiger partial charge on any atom is 0.317 e. The van der Waals surface area contributed by atoms with Gasteiger partial charge in [0.2, 0.25) is 0 Å². The van der Waals surface area contributed by atoms with Crippen LogP contribution in [0.5, 0.6) is 0 Å². The lowest BCUT2D eigenvalue weighted by Crippen LogP contribution is -2.52. The van der Waals surface area contributed by atoms with Crippen molar-refractivity contribution in [2.24, 2.45) is 0 Å². The van der Waals surface area contributed by atoms with Crippen LogP contribution in [0.2, 0.25) is 0 Å². The van der Waals surface area contributed by atoms with Gasteiger partial charge in [0.05, 0.1) is 0 Å². The number of pyridine rings is 1. The van der Waals surface area contributed by atoms with E-state index in [2.05, 4.69) is 15.7 Å². The van der Waals surface area contributed by atoms with Crippen molar-refractivity contribution in [3.8, 4) is 0 Å². The molecule has 2 amide bonds. The van der Waals surface area contributed by atoms with E-state index >= 15 is 0 Å².